The molecule has 17 heavy (non-hydrogen) atoms. The van der Waals surface area contributed by atoms with Crippen LogP contribution in [0.25, 0.3) is 0 Å². The van der Waals surface area contributed by atoms with E-state index in [-0.39, 0.29) is 12.4 Å². The molecule has 2 unspecified atom stereocenters. The summed E-state index contributed by atoms with van der Waals surface area (Å²) in [6, 6.07) is 0. The second-order valence-corrected chi connectivity index (χ2v) is 6.53. The van der Waals surface area contributed by atoms with Crippen molar-refractivity contribution in [2.75, 3.05) is 32.7 Å². The first-order valence-corrected chi connectivity index (χ1v) is 7.24. The minimum absolute atomic E-state index is 0. The maximum atomic E-state index is 3.53. The highest BCUT2D eigenvalue weighted by Gasteiger charge is 2.36. The van der Waals surface area contributed by atoms with Gasteiger partial charge in [-0.3, -0.25) is 0 Å². The van der Waals surface area contributed by atoms with E-state index in [1.54, 1.807) is 0 Å². The van der Waals surface area contributed by atoms with E-state index in [1.165, 1.54) is 58.4 Å². The number of rotatable bonds is 2. The van der Waals surface area contributed by atoms with Crippen molar-refractivity contribution >= 4 is 12.4 Å². The summed E-state index contributed by atoms with van der Waals surface area (Å²) in [5.74, 6) is 3.94. The Morgan fingerprint density at radius 1 is 1.12 bits per heavy atom. The third-order valence-electron chi connectivity index (χ3n) is 5.03. The molecule has 0 spiro atoms. The lowest BCUT2D eigenvalue weighted by Crippen LogP contribution is -2.32. The molecule has 0 aromatic rings. The van der Waals surface area contributed by atoms with Gasteiger partial charge in [0.2, 0.25) is 0 Å². The summed E-state index contributed by atoms with van der Waals surface area (Å²) in [6.07, 6.45) is 5.94. The molecule has 0 bridgehead atoms. The van der Waals surface area contributed by atoms with E-state index in [0.29, 0.717) is 0 Å². The zero-order valence-corrected chi connectivity index (χ0v) is 11.8. The van der Waals surface area contributed by atoms with Crippen LogP contribution in [0.1, 0.15) is 32.6 Å². The van der Waals surface area contributed by atoms with Crippen LogP contribution in [-0.4, -0.2) is 37.6 Å². The van der Waals surface area contributed by atoms with Crippen molar-refractivity contribution in [2.45, 2.75) is 32.6 Å². The lowest BCUT2D eigenvalue weighted by molar-refractivity contribution is 0.196. The average molecular weight is 259 g/mol. The van der Waals surface area contributed by atoms with Crippen molar-refractivity contribution < 1.29 is 0 Å². The van der Waals surface area contributed by atoms with Gasteiger partial charge in [-0.05, 0) is 49.6 Å². The Balaban J connectivity index is 0.00000108. The molecule has 3 fully saturated rings. The molecule has 2 nitrogen and oxygen atoms in total. The molecule has 3 heteroatoms. The van der Waals surface area contributed by atoms with E-state index in [4.69, 9.17) is 0 Å². The number of hydrogen-bond acceptors (Lipinski definition) is 2. The standard InChI is InChI=1S/C14H26N2.ClH/c1-11-3-2-4-12(5-11)8-16-9-13-6-15-7-14(13)10-16;/h11-15H,2-10H2,1H3;1H/t11?,12?,13-,14+;. The van der Waals surface area contributed by atoms with E-state index in [1.807, 2.05) is 0 Å². The minimum Gasteiger partial charge on any atom is -0.316 e. The van der Waals surface area contributed by atoms with Crippen LogP contribution in [0.5, 0.6) is 0 Å². The van der Waals surface area contributed by atoms with Crippen molar-refractivity contribution in [1.29, 1.82) is 0 Å². The molecule has 1 N–H and O–H groups in total. The maximum Gasteiger partial charge on any atom is 0.00257 e. The summed E-state index contributed by atoms with van der Waals surface area (Å²) in [4.78, 5) is 2.76. The lowest BCUT2D eigenvalue weighted by atomic mass is 9.82. The quantitative estimate of drug-likeness (QED) is 0.818. The summed E-state index contributed by atoms with van der Waals surface area (Å²) in [5.41, 5.74) is 0. The molecule has 1 saturated carbocycles. The molecule has 1 aliphatic carbocycles. The van der Waals surface area contributed by atoms with Gasteiger partial charge in [0.25, 0.3) is 0 Å². The first-order valence-electron chi connectivity index (χ1n) is 7.24. The molecule has 3 rings (SSSR count). The van der Waals surface area contributed by atoms with Crippen LogP contribution in [0.2, 0.25) is 0 Å². The molecule has 3 aliphatic rings. The first kappa shape index (κ1) is 13.6. The monoisotopic (exact) mass is 258 g/mol. The smallest absolute Gasteiger partial charge is 0.00257 e. The van der Waals surface area contributed by atoms with Gasteiger partial charge in [0, 0.05) is 19.6 Å². The highest BCUT2D eigenvalue weighted by atomic mass is 35.5. The second-order valence-electron chi connectivity index (χ2n) is 6.53. The minimum atomic E-state index is 0. The fraction of sp³-hybridized carbons (Fsp3) is 1.00. The largest absolute Gasteiger partial charge is 0.316 e. The molecule has 0 aromatic carbocycles. The topological polar surface area (TPSA) is 15.3 Å². The Kier molecular flexibility index (Phi) is 4.73. The Labute approximate surface area is 112 Å². The van der Waals surface area contributed by atoms with E-state index >= 15 is 0 Å². The fourth-order valence-corrected chi connectivity index (χ4v) is 4.19. The highest BCUT2D eigenvalue weighted by Crippen LogP contribution is 2.32. The van der Waals surface area contributed by atoms with Crippen molar-refractivity contribution in [2.24, 2.45) is 23.7 Å². The van der Waals surface area contributed by atoms with Gasteiger partial charge in [-0.25, -0.2) is 0 Å². The van der Waals surface area contributed by atoms with Crippen LogP contribution in [0.15, 0.2) is 0 Å². The maximum absolute atomic E-state index is 3.53. The van der Waals surface area contributed by atoms with E-state index in [9.17, 15) is 0 Å². The molecule has 0 radical (unpaired) electrons. The summed E-state index contributed by atoms with van der Waals surface area (Å²) >= 11 is 0. The molecule has 0 amide bonds. The van der Waals surface area contributed by atoms with Crippen LogP contribution in [0.4, 0.5) is 0 Å². The number of likely N-dealkylation sites (tertiary alicyclic amines) is 1. The molecule has 0 aromatic heterocycles. The van der Waals surface area contributed by atoms with E-state index in [2.05, 4.69) is 17.1 Å². The zero-order chi connectivity index (χ0) is 11.0. The van der Waals surface area contributed by atoms with Gasteiger partial charge < -0.3 is 10.2 Å². The summed E-state index contributed by atoms with van der Waals surface area (Å²) in [5, 5.41) is 3.53. The van der Waals surface area contributed by atoms with Crippen LogP contribution >= 0.6 is 12.4 Å². The van der Waals surface area contributed by atoms with Crippen LogP contribution in [0, 0.1) is 23.7 Å². The third-order valence-corrected chi connectivity index (χ3v) is 5.03. The predicted octanol–water partition coefficient (Wildman–Crippen LogP) is 2.39. The zero-order valence-electron chi connectivity index (χ0n) is 11.0. The Morgan fingerprint density at radius 2 is 1.82 bits per heavy atom. The predicted molar refractivity (Wildman–Crippen MR) is 74.7 cm³/mol. The molecule has 2 aliphatic heterocycles. The number of nitrogens with one attached hydrogen (secondary N) is 1. The van der Waals surface area contributed by atoms with Gasteiger partial charge in [-0.15, -0.1) is 12.4 Å². The summed E-state index contributed by atoms with van der Waals surface area (Å²) in [7, 11) is 0. The fourth-order valence-electron chi connectivity index (χ4n) is 4.19. The van der Waals surface area contributed by atoms with Gasteiger partial charge in [0.15, 0.2) is 0 Å². The number of fused-ring (bicyclic) bond motifs is 1. The molecular weight excluding hydrogens is 232 g/mol. The second kappa shape index (κ2) is 5.90. The van der Waals surface area contributed by atoms with Crippen molar-refractivity contribution in [1.82, 2.24) is 10.2 Å². The van der Waals surface area contributed by atoms with Crippen molar-refractivity contribution in [3.05, 3.63) is 0 Å². The van der Waals surface area contributed by atoms with Gasteiger partial charge >= 0.3 is 0 Å². The lowest BCUT2D eigenvalue weighted by Gasteiger charge is -2.30. The molecular formula is C14H27ClN2. The van der Waals surface area contributed by atoms with Gasteiger partial charge in [0.05, 0.1) is 0 Å². The Hall–Kier alpha value is 0.210. The number of halogens is 1. The molecule has 100 valence electrons. The molecule has 2 saturated heterocycles. The Morgan fingerprint density at radius 3 is 2.47 bits per heavy atom. The molecule has 2 heterocycles. The van der Waals surface area contributed by atoms with Gasteiger partial charge in [-0.2, -0.15) is 0 Å². The van der Waals surface area contributed by atoms with Crippen molar-refractivity contribution in [3.63, 3.8) is 0 Å². The van der Waals surface area contributed by atoms with Crippen molar-refractivity contribution in [3.8, 4) is 0 Å². The van der Waals surface area contributed by atoms with E-state index in [0.717, 1.165) is 23.7 Å². The number of nitrogens with zero attached hydrogens (tertiary/aromatic N) is 1. The van der Waals surface area contributed by atoms with E-state index < -0.39 is 0 Å². The summed E-state index contributed by atoms with van der Waals surface area (Å²) < 4.78 is 0. The SMILES string of the molecule is CC1CCCC(CN2C[C@H]3CNC[C@H]3C2)C1.Cl. The van der Waals surface area contributed by atoms with Crippen LogP contribution in [-0.2, 0) is 0 Å². The van der Waals surface area contributed by atoms with Gasteiger partial charge in [-0.1, -0.05) is 19.8 Å². The van der Waals surface area contributed by atoms with Gasteiger partial charge in [0.1, 0.15) is 0 Å². The number of hydrogen-bond donors (Lipinski definition) is 1. The van der Waals surface area contributed by atoms with Crippen LogP contribution < -0.4 is 5.32 Å². The normalized spacial score (nSPS) is 42.2. The third kappa shape index (κ3) is 3.15. The molecule has 4 atom stereocenters. The first-order chi connectivity index (χ1) is 7.81. The Bertz CT molecular complexity index is 234. The summed E-state index contributed by atoms with van der Waals surface area (Å²) in [6.45, 7) is 9.15. The van der Waals surface area contributed by atoms with Crippen LogP contribution in [0.3, 0.4) is 0 Å². The average Bonchev–Trinajstić information content (AvgIpc) is 2.77. The highest BCUT2D eigenvalue weighted by molar-refractivity contribution is 5.85.